The summed E-state index contributed by atoms with van der Waals surface area (Å²) in [7, 11) is 0. The summed E-state index contributed by atoms with van der Waals surface area (Å²) >= 11 is 0. The maximum atomic E-state index is 5.53. The highest BCUT2D eigenvalue weighted by atomic mass is 14.9. The molecule has 2 aliphatic carbocycles. The molecule has 0 aliphatic heterocycles. The molecule has 0 aromatic carbocycles. The highest BCUT2D eigenvalue weighted by Crippen LogP contribution is 2.54. The average molecular weight is 168 g/mol. The molecule has 2 aliphatic rings. The van der Waals surface area contributed by atoms with Crippen LogP contribution in [0.5, 0.6) is 0 Å². The van der Waals surface area contributed by atoms with E-state index < -0.39 is 0 Å². The maximum absolute atomic E-state index is 5.53. The van der Waals surface area contributed by atoms with Crippen LogP contribution in [0.3, 0.4) is 0 Å². The zero-order chi connectivity index (χ0) is 8.55. The van der Waals surface area contributed by atoms with Gasteiger partial charge < -0.3 is 11.1 Å². The molecule has 0 aromatic heterocycles. The van der Waals surface area contributed by atoms with Gasteiger partial charge in [-0.05, 0) is 50.5 Å². The highest BCUT2D eigenvalue weighted by molar-refractivity contribution is 4.96. The Balaban J connectivity index is 1.61. The van der Waals surface area contributed by atoms with Crippen LogP contribution >= 0.6 is 0 Å². The Morgan fingerprint density at radius 1 is 1.33 bits per heavy atom. The lowest BCUT2D eigenvalue weighted by Crippen LogP contribution is -2.36. The first-order valence-electron chi connectivity index (χ1n) is 5.23. The molecule has 0 spiro atoms. The lowest BCUT2D eigenvalue weighted by molar-refractivity contribution is 0.418. The number of hydrogen-bond acceptors (Lipinski definition) is 2. The van der Waals surface area contributed by atoms with Gasteiger partial charge in [0.2, 0.25) is 0 Å². The lowest BCUT2D eigenvalue weighted by atomic mass is 10.0. The Morgan fingerprint density at radius 2 is 2.00 bits per heavy atom. The standard InChI is InChI=1S/C10H20N2/c1-7(5-11)12-6-8-2-9-4-10(9)3-8/h7-10,12H,2-6,11H2,1H3/t7-,8?,9?,10?/m1/s1. The fourth-order valence-corrected chi connectivity index (χ4v) is 2.46. The summed E-state index contributed by atoms with van der Waals surface area (Å²) in [5, 5.41) is 3.49. The van der Waals surface area contributed by atoms with Crippen molar-refractivity contribution in [2.45, 2.75) is 32.2 Å². The van der Waals surface area contributed by atoms with E-state index in [2.05, 4.69) is 12.2 Å². The van der Waals surface area contributed by atoms with E-state index in [1.54, 1.807) is 0 Å². The minimum absolute atomic E-state index is 0.502. The minimum Gasteiger partial charge on any atom is -0.329 e. The van der Waals surface area contributed by atoms with Crippen molar-refractivity contribution in [1.82, 2.24) is 5.32 Å². The summed E-state index contributed by atoms with van der Waals surface area (Å²) in [4.78, 5) is 0. The predicted molar refractivity (Wildman–Crippen MR) is 50.8 cm³/mol. The largest absolute Gasteiger partial charge is 0.329 e. The van der Waals surface area contributed by atoms with E-state index in [9.17, 15) is 0 Å². The second kappa shape index (κ2) is 3.35. The molecule has 0 bridgehead atoms. The predicted octanol–water partition coefficient (Wildman–Crippen LogP) is 0.969. The zero-order valence-corrected chi connectivity index (χ0v) is 7.92. The van der Waals surface area contributed by atoms with Gasteiger partial charge in [-0.2, -0.15) is 0 Å². The molecule has 0 aromatic rings. The molecule has 2 rings (SSSR count). The van der Waals surface area contributed by atoms with Crippen LogP contribution in [0.2, 0.25) is 0 Å². The van der Waals surface area contributed by atoms with Crippen LogP contribution in [0.1, 0.15) is 26.2 Å². The van der Waals surface area contributed by atoms with Crippen molar-refractivity contribution in [1.29, 1.82) is 0 Å². The van der Waals surface area contributed by atoms with E-state index in [1.807, 2.05) is 0 Å². The van der Waals surface area contributed by atoms with Crippen molar-refractivity contribution < 1.29 is 0 Å². The van der Waals surface area contributed by atoms with Crippen molar-refractivity contribution in [3.8, 4) is 0 Å². The first-order valence-corrected chi connectivity index (χ1v) is 5.23. The quantitative estimate of drug-likeness (QED) is 0.656. The third kappa shape index (κ3) is 1.80. The van der Waals surface area contributed by atoms with Gasteiger partial charge in [0, 0.05) is 12.6 Å². The fraction of sp³-hybridized carbons (Fsp3) is 1.00. The van der Waals surface area contributed by atoms with E-state index in [-0.39, 0.29) is 0 Å². The van der Waals surface area contributed by atoms with Gasteiger partial charge in [0.05, 0.1) is 0 Å². The summed E-state index contributed by atoms with van der Waals surface area (Å²) in [6.45, 7) is 4.13. The van der Waals surface area contributed by atoms with Crippen LogP contribution < -0.4 is 11.1 Å². The molecule has 2 heteroatoms. The van der Waals surface area contributed by atoms with Crippen molar-refractivity contribution in [2.75, 3.05) is 13.1 Å². The van der Waals surface area contributed by atoms with Gasteiger partial charge in [0.25, 0.3) is 0 Å². The Kier molecular flexibility index (Phi) is 2.37. The summed E-state index contributed by atoms with van der Waals surface area (Å²) in [5.41, 5.74) is 5.53. The summed E-state index contributed by atoms with van der Waals surface area (Å²) in [5.74, 6) is 3.19. The topological polar surface area (TPSA) is 38.0 Å². The normalized spacial score (nSPS) is 41.0. The van der Waals surface area contributed by atoms with Crippen molar-refractivity contribution in [3.05, 3.63) is 0 Å². The SMILES string of the molecule is C[C@H](CN)NCC1CC2CC2C1. The molecule has 2 unspecified atom stereocenters. The molecule has 2 nitrogen and oxygen atoms in total. The fourth-order valence-electron chi connectivity index (χ4n) is 2.46. The van der Waals surface area contributed by atoms with E-state index in [4.69, 9.17) is 5.73 Å². The molecule has 70 valence electrons. The molecule has 0 saturated heterocycles. The van der Waals surface area contributed by atoms with Crippen molar-refractivity contribution >= 4 is 0 Å². The lowest BCUT2D eigenvalue weighted by Gasteiger charge is -2.16. The molecule has 3 atom stereocenters. The third-order valence-electron chi connectivity index (χ3n) is 3.45. The Labute approximate surface area is 74.9 Å². The molecule has 0 radical (unpaired) electrons. The maximum Gasteiger partial charge on any atom is 0.0162 e. The van der Waals surface area contributed by atoms with Crippen LogP contribution in [-0.2, 0) is 0 Å². The highest BCUT2D eigenvalue weighted by Gasteiger charge is 2.45. The number of hydrogen-bond donors (Lipinski definition) is 2. The van der Waals surface area contributed by atoms with Crippen LogP contribution in [-0.4, -0.2) is 19.1 Å². The second-order valence-corrected chi connectivity index (χ2v) is 4.64. The van der Waals surface area contributed by atoms with Crippen LogP contribution in [0.25, 0.3) is 0 Å². The molecule has 2 saturated carbocycles. The average Bonchev–Trinajstić information content (AvgIpc) is 2.70. The monoisotopic (exact) mass is 168 g/mol. The minimum atomic E-state index is 0.502. The Hall–Kier alpha value is -0.0800. The Morgan fingerprint density at radius 3 is 2.58 bits per heavy atom. The molecule has 0 heterocycles. The number of rotatable bonds is 4. The van der Waals surface area contributed by atoms with Crippen molar-refractivity contribution in [2.24, 2.45) is 23.5 Å². The first kappa shape index (κ1) is 8.52. The van der Waals surface area contributed by atoms with Gasteiger partial charge in [-0.1, -0.05) is 0 Å². The number of nitrogens with two attached hydrogens (primary N) is 1. The molecule has 3 N–H and O–H groups in total. The van der Waals surface area contributed by atoms with Crippen LogP contribution in [0.4, 0.5) is 0 Å². The third-order valence-corrected chi connectivity index (χ3v) is 3.45. The van der Waals surface area contributed by atoms with Gasteiger partial charge in [-0.3, -0.25) is 0 Å². The smallest absolute Gasteiger partial charge is 0.0162 e. The van der Waals surface area contributed by atoms with E-state index >= 15 is 0 Å². The summed E-state index contributed by atoms with van der Waals surface area (Å²) in [6, 6.07) is 0.502. The zero-order valence-electron chi connectivity index (χ0n) is 7.92. The van der Waals surface area contributed by atoms with Gasteiger partial charge in [0.15, 0.2) is 0 Å². The van der Waals surface area contributed by atoms with E-state index in [0.29, 0.717) is 6.04 Å². The summed E-state index contributed by atoms with van der Waals surface area (Å²) in [6.07, 6.45) is 4.49. The summed E-state index contributed by atoms with van der Waals surface area (Å²) < 4.78 is 0. The second-order valence-electron chi connectivity index (χ2n) is 4.64. The molecular formula is C10H20N2. The molecular weight excluding hydrogens is 148 g/mol. The molecule has 12 heavy (non-hydrogen) atoms. The molecule has 2 fully saturated rings. The van der Waals surface area contributed by atoms with Crippen LogP contribution in [0.15, 0.2) is 0 Å². The molecule has 0 amide bonds. The van der Waals surface area contributed by atoms with Crippen LogP contribution in [0, 0.1) is 17.8 Å². The van der Waals surface area contributed by atoms with Gasteiger partial charge in [0.1, 0.15) is 0 Å². The van der Waals surface area contributed by atoms with Crippen molar-refractivity contribution in [3.63, 3.8) is 0 Å². The number of nitrogens with one attached hydrogen (secondary N) is 1. The Bertz CT molecular complexity index is 148. The van der Waals surface area contributed by atoms with Gasteiger partial charge in [-0.15, -0.1) is 0 Å². The first-order chi connectivity index (χ1) is 5.79. The van der Waals surface area contributed by atoms with E-state index in [0.717, 1.165) is 24.3 Å². The van der Waals surface area contributed by atoms with E-state index in [1.165, 1.54) is 25.8 Å². The van der Waals surface area contributed by atoms with Gasteiger partial charge in [-0.25, -0.2) is 0 Å². The van der Waals surface area contributed by atoms with Gasteiger partial charge >= 0.3 is 0 Å². The number of fused-ring (bicyclic) bond motifs is 1.